The quantitative estimate of drug-likeness (QED) is 0.488. The first kappa shape index (κ1) is 15.6. The van der Waals surface area contributed by atoms with Crippen LogP contribution in [0.15, 0.2) is 53.5 Å². The van der Waals surface area contributed by atoms with Gasteiger partial charge in [-0.3, -0.25) is 4.79 Å². The van der Waals surface area contributed by atoms with Crippen LogP contribution >= 0.6 is 0 Å². The fourth-order valence-corrected chi connectivity index (χ4v) is 3.60. The number of hydrogen-bond donors (Lipinski definition) is 3. The lowest BCUT2D eigenvalue weighted by Gasteiger charge is -2.02. The van der Waals surface area contributed by atoms with E-state index in [4.69, 9.17) is 0 Å². The van der Waals surface area contributed by atoms with Crippen molar-refractivity contribution < 1.29 is 9.50 Å². The van der Waals surface area contributed by atoms with Crippen LogP contribution in [0, 0.1) is 0 Å². The van der Waals surface area contributed by atoms with Crippen molar-refractivity contribution in [2.24, 2.45) is 0 Å². The molecular formula is C21H14FN3O2. The third-order valence-electron chi connectivity index (χ3n) is 4.79. The molecule has 0 saturated heterocycles. The van der Waals surface area contributed by atoms with Gasteiger partial charge in [-0.1, -0.05) is 24.3 Å². The summed E-state index contributed by atoms with van der Waals surface area (Å²) >= 11 is 0. The van der Waals surface area contributed by atoms with Crippen molar-refractivity contribution >= 4 is 34.0 Å². The summed E-state index contributed by atoms with van der Waals surface area (Å²) in [5, 5.41) is 12.4. The molecule has 0 aliphatic heterocycles. The van der Waals surface area contributed by atoms with Gasteiger partial charge in [-0.2, -0.15) is 0 Å². The Hall–Kier alpha value is -3.67. The van der Waals surface area contributed by atoms with Gasteiger partial charge >= 0.3 is 0 Å². The standard InChI is InChI=1S/C21H14FN3O2/c22-11-4-3-6-12-15(10-11)17-14(8-9-23-21(17)27)19-18(12)24-20(25-19)13-5-1-2-7-16(13)26/h1-11,26H,(H,23,27)(H,24,25). The van der Waals surface area contributed by atoms with Gasteiger partial charge in [0.25, 0.3) is 5.56 Å². The molecule has 5 rings (SSSR count). The van der Waals surface area contributed by atoms with Gasteiger partial charge in [-0.25, -0.2) is 9.37 Å². The van der Waals surface area contributed by atoms with E-state index in [2.05, 4.69) is 15.0 Å². The second-order valence-electron chi connectivity index (χ2n) is 6.41. The smallest absolute Gasteiger partial charge is 0.256 e. The highest BCUT2D eigenvalue weighted by atomic mass is 19.1. The van der Waals surface area contributed by atoms with Crippen molar-refractivity contribution in [2.75, 3.05) is 0 Å². The van der Waals surface area contributed by atoms with E-state index < -0.39 is 6.17 Å². The molecule has 0 fully saturated rings. The summed E-state index contributed by atoms with van der Waals surface area (Å²) in [5.74, 6) is 0.584. The second-order valence-corrected chi connectivity index (χ2v) is 6.41. The fraction of sp³-hybridized carbons (Fsp3) is 0.0476. The second kappa shape index (κ2) is 5.67. The minimum atomic E-state index is -1.29. The van der Waals surface area contributed by atoms with E-state index in [1.54, 1.807) is 42.6 Å². The Kier molecular flexibility index (Phi) is 3.27. The van der Waals surface area contributed by atoms with Crippen LogP contribution in [0.25, 0.3) is 45.3 Å². The molecule has 132 valence electrons. The third-order valence-corrected chi connectivity index (χ3v) is 4.79. The Morgan fingerprint density at radius 2 is 2.00 bits per heavy atom. The summed E-state index contributed by atoms with van der Waals surface area (Å²) in [5.41, 5.74) is 1.55. The fourth-order valence-electron chi connectivity index (χ4n) is 3.60. The molecule has 27 heavy (non-hydrogen) atoms. The number of rotatable bonds is 1. The lowest BCUT2D eigenvalue weighted by molar-refractivity contribution is 0.477. The van der Waals surface area contributed by atoms with Gasteiger partial charge in [0.1, 0.15) is 17.7 Å². The Balaban J connectivity index is 2.03. The first-order valence-corrected chi connectivity index (χ1v) is 8.49. The predicted octanol–water partition coefficient (Wildman–Crippen LogP) is 2.25. The number of aromatic nitrogens is 3. The Morgan fingerprint density at radius 3 is 2.85 bits per heavy atom. The van der Waals surface area contributed by atoms with Crippen molar-refractivity contribution in [3.05, 3.63) is 69.5 Å². The number of allylic oxidation sites excluding steroid dienone is 2. The number of fused-ring (bicyclic) bond motifs is 6. The molecule has 1 aliphatic carbocycles. The van der Waals surface area contributed by atoms with E-state index >= 15 is 0 Å². The molecule has 0 radical (unpaired) electrons. The van der Waals surface area contributed by atoms with E-state index in [1.807, 2.05) is 6.07 Å². The summed E-state index contributed by atoms with van der Waals surface area (Å²) in [6.07, 6.45) is 6.53. The zero-order valence-electron chi connectivity index (χ0n) is 14.0. The van der Waals surface area contributed by atoms with Crippen molar-refractivity contribution in [1.82, 2.24) is 15.0 Å². The van der Waals surface area contributed by atoms with Crippen LogP contribution in [0.1, 0.15) is 0 Å². The van der Waals surface area contributed by atoms with Crippen molar-refractivity contribution in [3.8, 4) is 17.1 Å². The number of phenols is 1. The SMILES string of the molecule is O=c1[nH]ccc2c1c1c(c3[nH]c(-c4ccccc4O)nc32)=CC=CC(F)C=1. The van der Waals surface area contributed by atoms with E-state index in [1.165, 1.54) is 12.2 Å². The number of para-hydroxylation sites is 1. The average Bonchev–Trinajstić information content (AvgIpc) is 3.00. The molecule has 0 spiro atoms. The maximum Gasteiger partial charge on any atom is 0.256 e. The van der Waals surface area contributed by atoms with Gasteiger partial charge in [-0.15, -0.1) is 0 Å². The Morgan fingerprint density at radius 1 is 1.15 bits per heavy atom. The minimum Gasteiger partial charge on any atom is -0.507 e. The van der Waals surface area contributed by atoms with Gasteiger partial charge in [0.15, 0.2) is 0 Å². The van der Waals surface area contributed by atoms with E-state index in [0.29, 0.717) is 43.6 Å². The summed E-state index contributed by atoms with van der Waals surface area (Å²) < 4.78 is 14.2. The Bertz CT molecular complexity index is 1430. The van der Waals surface area contributed by atoms with Crippen molar-refractivity contribution in [1.29, 1.82) is 0 Å². The molecule has 4 aromatic rings. The van der Waals surface area contributed by atoms with Crippen LogP contribution in [0.5, 0.6) is 5.75 Å². The highest BCUT2D eigenvalue weighted by Crippen LogP contribution is 2.28. The largest absolute Gasteiger partial charge is 0.507 e. The number of imidazole rings is 1. The molecule has 2 aromatic carbocycles. The molecule has 1 unspecified atom stereocenters. The number of aromatic amines is 2. The number of halogens is 1. The number of benzene rings is 2. The molecular weight excluding hydrogens is 345 g/mol. The molecule has 2 aromatic heterocycles. The monoisotopic (exact) mass is 359 g/mol. The summed E-state index contributed by atoms with van der Waals surface area (Å²) in [6.45, 7) is 0. The van der Waals surface area contributed by atoms with Crippen LogP contribution in [-0.2, 0) is 0 Å². The zero-order valence-corrected chi connectivity index (χ0v) is 14.0. The van der Waals surface area contributed by atoms with E-state index in [9.17, 15) is 14.3 Å². The van der Waals surface area contributed by atoms with E-state index in [0.717, 1.165) is 0 Å². The molecule has 0 amide bonds. The topological polar surface area (TPSA) is 81.8 Å². The number of alkyl halides is 1. The number of H-pyrrole nitrogens is 2. The van der Waals surface area contributed by atoms with E-state index in [-0.39, 0.29) is 11.3 Å². The number of aromatic hydroxyl groups is 1. The first-order valence-electron chi connectivity index (χ1n) is 8.49. The minimum absolute atomic E-state index is 0.101. The van der Waals surface area contributed by atoms with Crippen molar-refractivity contribution in [3.63, 3.8) is 0 Å². The maximum atomic E-state index is 14.2. The molecule has 1 aliphatic rings. The molecule has 3 N–H and O–H groups in total. The molecule has 2 heterocycles. The Labute approximate surface area is 151 Å². The number of nitrogens with one attached hydrogen (secondary N) is 2. The first-order chi connectivity index (χ1) is 13.1. The van der Waals surface area contributed by atoms with Crippen LogP contribution in [0.4, 0.5) is 4.39 Å². The van der Waals surface area contributed by atoms with Crippen molar-refractivity contribution in [2.45, 2.75) is 6.17 Å². The van der Waals surface area contributed by atoms with Gasteiger partial charge in [0, 0.05) is 16.8 Å². The third kappa shape index (κ3) is 2.30. The lowest BCUT2D eigenvalue weighted by Crippen LogP contribution is -2.31. The van der Waals surface area contributed by atoms with Crippen LogP contribution in [0.3, 0.4) is 0 Å². The number of phenolic OH excluding ortho intramolecular Hbond substituents is 1. The normalized spacial score (nSPS) is 16.0. The number of pyridine rings is 1. The van der Waals surface area contributed by atoms with Gasteiger partial charge in [0.2, 0.25) is 0 Å². The molecule has 0 bridgehead atoms. The van der Waals surface area contributed by atoms with Crippen LogP contribution in [-0.4, -0.2) is 26.2 Å². The van der Waals surface area contributed by atoms with Gasteiger partial charge < -0.3 is 15.1 Å². The summed E-state index contributed by atoms with van der Waals surface area (Å²) in [7, 11) is 0. The molecule has 5 nitrogen and oxygen atoms in total. The molecule has 1 atom stereocenters. The average molecular weight is 359 g/mol. The van der Waals surface area contributed by atoms with Crippen LogP contribution < -0.4 is 16.0 Å². The number of nitrogens with zero attached hydrogens (tertiary/aromatic N) is 1. The molecule has 6 heteroatoms. The summed E-state index contributed by atoms with van der Waals surface area (Å²) in [6, 6.07) is 8.64. The highest BCUT2D eigenvalue weighted by Gasteiger charge is 2.16. The van der Waals surface area contributed by atoms with Gasteiger partial charge in [-0.05, 0) is 35.6 Å². The lowest BCUT2D eigenvalue weighted by atomic mass is 10.1. The van der Waals surface area contributed by atoms with Crippen LogP contribution in [0.2, 0.25) is 0 Å². The zero-order chi connectivity index (χ0) is 18.5. The summed E-state index contributed by atoms with van der Waals surface area (Å²) in [4.78, 5) is 23.1. The molecule has 0 saturated carbocycles. The highest BCUT2D eigenvalue weighted by molar-refractivity contribution is 6.05. The number of hydrogen-bond acceptors (Lipinski definition) is 3. The predicted molar refractivity (Wildman–Crippen MR) is 104 cm³/mol. The van der Waals surface area contributed by atoms with Gasteiger partial charge in [0.05, 0.1) is 22.0 Å². The maximum absolute atomic E-state index is 14.2.